The van der Waals surface area contributed by atoms with Crippen molar-refractivity contribution in [3.8, 4) is 52.6 Å². The molecule has 0 unspecified atom stereocenters. The van der Waals surface area contributed by atoms with Crippen molar-refractivity contribution in [1.29, 1.82) is 0 Å². The first kappa shape index (κ1) is 41.6. The van der Waals surface area contributed by atoms with Crippen molar-refractivity contribution < 1.29 is 9.47 Å². The number of methoxy groups -OCH3 is 2. The van der Waals surface area contributed by atoms with Gasteiger partial charge in [0.25, 0.3) is 0 Å². The van der Waals surface area contributed by atoms with E-state index in [1.165, 1.54) is 0 Å². The normalized spacial score (nSPS) is 10.1. The summed E-state index contributed by atoms with van der Waals surface area (Å²) in [6, 6.07) is 17.2. The number of hydrogen-bond donors (Lipinski definition) is 1. The van der Waals surface area contributed by atoms with Crippen LogP contribution in [0.5, 0.6) is 11.5 Å². The molecule has 14 heteroatoms. The second-order valence-corrected chi connectivity index (χ2v) is 13.9. The molecule has 0 aliphatic rings. The lowest BCUT2D eigenvalue weighted by Gasteiger charge is -2.08. The third-order valence-corrected chi connectivity index (χ3v) is 9.91. The molecular weight excluding hydrogens is 874 g/mol. The Bertz CT molecular complexity index is 3050. The van der Waals surface area contributed by atoms with Gasteiger partial charge in [0.2, 0.25) is 0 Å². The molecule has 0 aromatic carbocycles. The molecule has 0 bridgehead atoms. The molecule has 0 aliphatic heterocycles. The van der Waals surface area contributed by atoms with Gasteiger partial charge in [-0.15, -0.1) is 17.8 Å². The first-order valence-electron chi connectivity index (χ1n) is 17.9. The van der Waals surface area contributed by atoms with Gasteiger partial charge in [0.15, 0.2) is 5.43 Å². The van der Waals surface area contributed by atoms with Crippen molar-refractivity contribution in [2.24, 2.45) is 0 Å². The minimum Gasteiger partial charge on any atom is -0.495 e. The summed E-state index contributed by atoms with van der Waals surface area (Å²) in [6.45, 7) is 5.43. The molecule has 0 saturated heterocycles. The van der Waals surface area contributed by atoms with E-state index < -0.39 is 0 Å². The highest BCUT2D eigenvalue weighted by molar-refractivity contribution is 9.10. The molecule has 0 radical (unpaired) electrons. The molecular formula is C45H37Br2N9O3. The van der Waals surface area contributed by atoms with E-state index in [1.54, 1.807) is 70.6 Å². The van der Waals surface area contributed by atoms with Crippen LogP contribution in [0.1, 0.15) is 26.3 Å². The third-order valence-electron chi connectivity index (χ3n) is 8.70. The number of hydrogen-bond acceptors (Lipinski definition) is 8. The van der Waals surface area contributed by atoms with E-state index in [9.17, 15) is 4.79 Å². The Balaban J connectivity index is 0.000000143. The van der Waals surface area contributed by atoms with E-state index in [1.807, 2.05) is 107 Å². The molecule has 12 nitrogen and oxygen atoms in total. The number of rotatable bonds is 5. The summed E-state index contributed by atoms with van der Waals surface area (Å²) in [5, 5.41) is 3.34. The number of aromatic amines is 1. The van der Waals surface area contributed by atoms with Crippen molar-refractivity contribution >= 4 is 64.6 Å². The Morgan fingerprint density at radius 3 is 1.58 bits per heavy atom. The number of nitrogens with one attached hydrogen (secondary N) is 1. The summed E-state index contributed by atoms with van der Waals surface area (Å²) in [5.41, 5.74) is 3.73. The van der Waals surface area contributed by atoms with Gasteiger partial charge in [0.1, 0.15) is 29.0 Å². The summed E-state index contributed by atoms with van der Waals surface area (Å²) >= 11 is 6.57. The van der Waals surface area contributed by atoms with E-state index in [2.05, 4.69) is 85.4 Å². The predicted octanol–water partition coefficient (Wildman–Crippen LogP) is 9.50. The Morgan fingerprint density at radius 1 is 0.593 bits per heavy atom. The second kappa shape index (κ2) is 19.9. The fourth-order valence-electron chi connectivity index (χ4n) is 5.77. The molecule has 0 amide bonds. The number of aromatic nitrogens is 9. The van der Waals surface area contributed by atoms with Crippen molar-refractivity contribution in [3.05, 3.63) is 154 Å². The molecule has 9 aromatic rings. The quantitative estimate of drug-likeness (QED) is 0.169. The van der Waals surface area contributed by atoms with Gasteiger partial charge in [0, 0.05) is 90.1 Å². The van der Waals surface area contributed by atoms with Crippen LogP contribution in [0.15, 0.2) is 143 Å². The van der Waals surface area contributed by atoms with Crippen LogP contribution >= 0.6 is 31.9 Å². The topological polar surface area (TPSA) is 131 Å². The molecule has 294 valence electrons. The van der Waals surface area contributed by atoms with E-state index in [-0.39, 0.29) is 5.43 Å². The Hall–Kier alpha value is -7.00. The summed E-state index contributed by atoms with van der Waals surface area (Å²) < 4.78 is 17.9. The molecule has 1 N–H and O–H groups in total. The standard InChI is InChI=1S/C16H13N3O.C13H10BrN3O.C12H8BrN3O.C4H6/c1-3-4-13-10-18-16(9-15(13)20-2)19-8-6-12-5-7-17-11-14(12)19;1-18-12-6-13(16-7-10(12)14)17-5-3-9-2-4-15-8-11(9)17;13-9-6-15-12(5-11(9)17)16-4-2-8-1-3-14-7-10(8)16;1-3-4-2/h5-11H,1-2H3;2-8H,1H3;1-7H,(H,15,17);1-2H3. The molecule has 9 aromatic heterocycles. The predicted molar refractivity (Wildman–Crippen MR) is 240 cm³/mol. The number of pyridine rings is 6. The number of ether oxygens (including phenoxy) is 2. The number of fused-ring (bicyclic) bond motifs is 3. The van der Waals surface area contributed by atoms with Crippen LogP contribution in [0, 0.1) is 23.7 Å². The maximum absolute atomic E-state index is 11.6. The summed E-state index contributed by atoms with van der Waals surface area (Å²) in [5.74, 6) is 15.0. The largest absolute Gasteiger partial charge is 0.495 e. The zero-order valence-corrected chi connectivity index (χ0v) is 35.9. The van der Waals surface area contributed by atoms with Gasteiger partial charge in [-0.2, -0.15) is 0 Å². The fourth-order valence-corrected chi connectivity index (χ4v) is 6.38. The average molecular weight is 912 g/mol. The lowest BCUT2D eigenvalue weighted by atomic mass is 10.2. The van der Waals surface area contributed by atoms with Crippen molar-refractivity contribution in [3.63, 3.8) is 0 Å². The van der Waals surface area contributed by atoms with Gasteiger partial charge < -0.3 is 19.0 Å². The highest BCUT2D eigenvalue weighted by Gasteiger charge is 2.10. The lowest BCUT2D eigenvalue weighted by Crippen LogP contribution is -2.05. The Kier molecular flexibility index (Phi) is 14.1. The van der Waals surface area contributed by atoms with Crippen molar-refractivity contribution in [2.45, 2.75) is 20.8 Å². The third kappa shape index (κ3) is 9.76. The van der Waals surface area contributed by atoms with Crippen LogP contribution in [0.2, 0.25) is 0 Å². The van der Waals surface area contributed by atoms with Gasteiger partial charge in [-0.3, -0.25) is 28.9 Å². The van der Waals surface area contributed by atoms with Crippen LogP contribution < -0.4 is 14.9 Å². The zero-order chi connectivity index (χ0) is 41.7. The van der Waals surface area contributed by atoms with Gasteiger partial charge in [-0.25, -0.2) is 9.97 Å². The van der Waals surface area contributed by atoms with Crippen molar-refractivity contribution in [1.82, 2.24) is 43.6 Å². The van der Waals surface area contributed by atoms with Crippen LogP contribution in [0.25, 0.3) is 50.2 Å². The molecule has 59 heavy (non-hydrogen) atoms. The second-order valence-electron chi connectivity index (χ2n) is 12.2. The minimum atomic E-state index is -0.0514. The SMILES string of the molecule is CC#CC.CC#Cc1cnc(-n2ccc3ccncc32)cc1OC.COc1cc(-n2ccc3ccncc32)ncc1Br.O=c1cc(-n2ccc3ccncc32)[nH]cc1Br. The van der Waals surface area contributed by atoms with Crippen LogP contribution in [0.3, 0.4) is 0 Å². The highest BCUT2D eigenvalue weighted by Crippen LogP contribution is 2.27. The smallest absolute Gasteiger partial charge is 0.197 e. The van der Waals surface area contributed by atoms with Gasteiger partial charge in [-0.1, -0.05) is 5.92 Å². The van der Waals surface area contributed by atoms with Crippen molar-refractivity contribution in [2.75, 3.05) is 14.2 Å². The van der Waals surface area contributed by atoms with E-state index in [0.29, 0.717) is 4.47 Å². The first-order valence-corrected chi connectivity index (χ1v) is 19.5. The van der Waals surface area contributed by atoms with E-state index >= 15 is 0 Å². The average Bonchev–Trinajstić information content (AvgIpc) is 4.03. The minimum absolute atomic E-state index is 0.0514. The highest BCUT2D eigenvalue weighted by atomic mass is 79.9. The maximum atomic E-state index is 11.6. The number of halogens is 2. The zero-order valence-electron chi connectivity index (χ0n) is 32.7. The molecule has 0 saturated carbocycles. The van der Waals surface area contributed by atoms with Gasteiger partial charge >= 0.3 is 0 Å². The molecule has 0 aliphatic carbocycles. The van der Waals surface area contributed by atoms with E-state index in [4.69, 9.17) is 9.47 Å². The Labute approximate surface area is 357 Å². The summed E-state index contributed by atoms with van der Waals surface area (Å²) in [7, 11) is 3.27. The number of H-pyrrole nitrogens is 1. The fraction of sp³-hybridized carbons (Fsp3) is 0.111. The maximum Gasteiger partial charge on any atom is 0.197 e. The van der Waals surface area contributed by atoms with Crippen LogP contribution in [-0.2, 0) is 0 Å². The molecule has 0 atom stereocenters. The van der Waals surface area contributed by atoms with Crippen LogP contribution in [0.4, 0.5) is 0 Å². The molecule has 0 spiro atoms. The first-order chi connectivity index (χ1) is 28.8. The Morgan fingerprint density at radius 2 is 1.08 bits per heavy atom. The summed E-state index contributed by atoms with van der Waals surface area (Å²) in [6.07, 6.45) is 21.7. The van der Waals surface area contributed by atoms with Gasteiger partial charge in [-0.05, 0) is 89.0 Å². The summed E-state index contributed by atoms with van der Waals surface area (Å²) in [4.78, 5) is 35.9. The van der Waals surface area contributed by atoms with Gasteiger partial charge in [0.05, 0.1) is 63.9 Å². The van der Waals surface area contributed by atoms with Crippen LogP contribution in [-0.4, -0.2) is 57.8 Å². The lowest BCUT2D eigenvalue weighted by molar-refractivity contribution is 0.411. The molecule has 9 rings (SSSR count). The molecule has 9 heterocycles. The van der Waals surface area contributed by atoms with E-state index in [0.717, 1.165) is 71.7 Å². The molecule has 0 fully saturated rings. The number of nitrogens with zero attached hydrogens (tertiary/aromatic N) is 8. The monoisotopic (exact) mass is 909 g/mol.